The maximum absolute atomic E-state index is 12.7. The van der Waals surface area contributed by atoms with Gasteiger partial charge in [0, 0.05) is 22.7 Å². The van der Waals surface area contributed by atoms with Crippen LogP contribution in [0.3, 0.4) is 0 Å². The molecule has 0 aliphatic heterocycles. The van der Waals surface area contributed by atoms with Gasteiger partial charge in [0.1, 0.15) is 0 Å². The van der Waals surface area contributed by atoms with Crippen LogP contribution in [0.15, 0.2) is 54.7 Å². The summed E-state index contributed by atoms with van der Waals surface area (Å²) in [4.78, 5) is 35.6. The van der Waals surface area contributed by atoms with Crippen LogP contribution < -0.4 is 0 Å². The quantitative estimate of drug-likeness (QED) is 0.551. The Kier molecular flexibility index (Phi) is 3.76. The number of carbonyl (C=O) groups excluding carboxylic acids is 3. The molecule has 0 fully saturated rings. The van der Waals surface area contributed by atoms with Crippen molar-refractivity contribution in [2.24, 2.45) is 0 Å². The van der Waals surface area contributed by atoms with E-state index in [2.05, 4.69) is 0 Å². The first-order chi connectivity index (χ1) is 11.2. The van der Waals surface area contributed by atoms with Gasteiger partial charge in [0.15, 0.2) is 6.29 Å². The third kappa shape index (κ3) is 2.53. The van der Waals surface area contributed by atoms with Crippen molar-refractivity contribution < 1.29 is 19.1 Å². The SMILES string of the molecule is COC(=O)c1ccc2c(C=O)cn(C(=O)c3ccccc3)c2c1. The number of methoxy groups -OCH3 is 1. The molecule has 0 saturated heterocycles. The van der Waals surface area contributed by atoms with Crippen LogP contribution in [0.4, 0.5) is 0 Å². The van der Waals surface area contributed by atoms with Crippen LogP contribution in [0.1, 0.15) is 31.1 Å². The Balaban J connectivity index is 2.21. The number of carbonyl (C=O) groups is 3. The number of aldehydes is 1. The number of rotatable bonds is 3. The number of esters is 1. The summed E-state index contributed by atoms with van der Waals surface area (Å²) in [5, 5.41) is 0.608. The van der Waals surface area contributed by atoms with Crippen molar-refractivity contribution in [2.45, 2.75) is 0 Å². The van der Waals surface area contributed by atoms with E-state index < -0.39 is 5.97 Å². The van der Waals surface area contributed by atoms with E-state index in [1.807, 2.05) is 6.07 Å². The Morgan fingerprint density at radius 1 is 1.04 bits per heavy atom. The predicted molar refractivity (Wildman–Crippen MR) is 84.8 cm³/mol. The Morgan fingerprint density at radius 3 is 2.43 bits per heavy atom. The first-order valence-corrected chi connectivity index (χ1v) is 6.94. The van der Waals surface area contributed by atoms with E-state index in [9.17, 15) is 14.4 Å². The van der Waals surface area contributed by atoms with Crippen molar-refractivity contribution in [2.75, 3.05) is 7.11 Å². The molecule has 0 amide bonds. The van der Waals surface area contributed by atoms with Crippen molar-refractivity contribution >= 4 is 29.1 Å². The molecular weight excluding hydrogens is 294 g/mol. The van der Waals surface area contributed by atoms with E-state index >= 15 is 0 Å². The molecule has 0 aliphatic rings. The maximum Gasteiger partial charge on any atom is 0.337 e. The molecule has 114 valence electrons. The van der Waals surface area contributed by atoms with Crippen molar-refractivity contribution in [3.8, 4) is 0 Å². The molecule has 3 rings (SSSR count). The number of benzene rings is 2. The molecule has 23 heavy (non-hydrogen) atoms. The molecule has 0 aliphatic carbocycles. The van der Waals surface area contributed by atoms with Gasteiger partial charge < -0.3 is 4.74 Å². The standard InChI is InChI=1S/C18H13NO4/c1-23-18(22)13-7-8-15-14(11-20)10-19(16(15)9-13)17(21)12-5-3-2-4-6-12/h2-11H,1H3. The minimum atomic E-state index is -0.500. The number of fused-ring (bicyclic) bond motifs is 1. The molecule has 5 nitrogen and oxygen atoms in total. The van der Waals surface area contributed by atoms with Crippen LogP contribution >= 0.6 is 0 Å². The zero-order chi connectivity index (χ0) is 16.4. The monoisotopic (exact) mass is 307 g/mol. The van der Waals surface area contributed by atoms with Crippen molar-refractivity contribution in [1.29, 1.82) is 0 Å². The summed E-state index contributed by atoms with van der Waals surface area (Å²) in [6.07, 6.45) is 2.17. The van der Waals surface area contributed by atoms with E-state index in [1.165, 1.54) is 17.9 Å². The fourth-order valence-corrected chi connectivity index (χ4v) is 2.48. The number of aromatic nitrogens is 1. The highest BCUT2D eigenvalue weighted by Crippen LogP contribution is 2.23. The molecular formula is C18H13NO4. The highest BCUT2D eigenvalue weighted by Gasteiger charge is 2.17. The second-order valence-electron chi connectivity index (χ2n) is 4.97. The number of hydrogen-bond donors (Lipinski definition) is 0. The van der Waals surface area contributed by atoms with Crippen LogP contribution in [-0.4, -0.2) is 29.8 Å². The Hall–Kier alpha value is -3.21. The number of hydrogen-bond acceptors (Lipinski definition) is 4. The average molecular weight is 307 g/mol. The van der Waals surface area contributed by atoms with Gasteiger partial charge >= 0.3 is 5.97 Å². The molecule has 1 heterocycles. The third-order valence-corrected chi connectivity index (χ3v) is 3.62. The van der Waals surface area contributed by atoms with Crippen molar-refractivity contribution in [1.82, 2.24) is 4.57 Å². The molecule has 0 radical (unpaired) electrons. The van der Waals surface area contributed by atoms with Gasteiger partial charge in [-0.05, 0) is 24.3 Å². The van der Waals surface area contributed by atoms with Gasteiger partial charge in [-0.15, -0.1) is 0 Å². The molecule has 1 aromatic heterocycles. The highest BCUT2D eigenvalue weighted by molar-refractivity contribution is 6.08. The van der Waals surface area contributed by atoms with Gasteiger partial charge in [0.25, 0.3) is 5.91 Å². The molecule has 0 saturated carbocycles. The van der Waals surface area contributed by atoms with Gasteiger partial charge in [-0.25, -0.2) is 4.79 Å². The molecule has 0 N–H and O–H groups in total. The minimum absolute atomic E-state index is 0.272. The largest absolute Gasteiger partial charge is 0.465 e. The molecule has 3 aromatic rings. The van der Waals surface area contributed by atoms with Gasteiger partial charge in [0.05, 0.1) is 18.2 Å². The Morgan fingerprint density at radius 2 is 1.78 bits per heavy atom. The summed E-state index contributed by atoms with van der Waals surface area (Å²) in [7, 11) is 1.29. The van der Waals surface area contributed by atoms with Crippen LogP contribution in [0.25, 0.3) is 10.9 Å². The third-order valence-electron chi connectivity index (χ3n) is 3.62. The zero-order valence-electron chi connectivity index (χ0n) is 12.4. The molecule has 0 bridgehead atoms. The second kappa shape index (κ2) is 5.88. The maximum atomic E-state index is 12.7. The summed E-state index contributed by atoms with van der Waals surface area (Å²) >= 11 is 0. The summed E-state index contributed by atoms with van der Waals surface area (Å²) in [5.41, 5.74) is 1.69. The van der Waals surface area contributed by atoms with E-state index in [-0.39, 0.29) is 5.91 Å². The predicted octanol–water partition coefficient (Wildman–Crippen LogP) is 2.93. The van der Waals surface area contributed by atoms with Crippen molar-refractivity contribution in [3.63, 3.8) is 0 Å². The lowest BCUT2D eigenvalue weighted by Crippen LogP contribution is -2.11. The lowest BCUT2D eigenvalue weighted by molar-refractivity contribution is 0.0600. The topological polar surface area (TPSA) is 65.4 Å². The minimum Gasteiger partial charge on any atom is -0.465 e. The van der Waals surface area contributed by atoms with Gasteiger partial charge in [0.2, 0.25) is 0 Å². The lowest BCUT2D eigenvalue weighted by Gasteiger charge is -2.05. The van der Waals surface area contributed by atoms with Gasteiger partial charge in [-0.3, -0.25) is 14.2 Å². The summed E-state index contributed by atoms with van der Waals surface area (Å²) < 4.78 is 6.08. The van der Waals surface area contributed by atoms with E-state index in [0.29, 0.717) is 33.9 Å². The Bertz CT molecular complexity index is 909. The average Bonchev–Trinajstić information content (AvgIpc) is 2.99. The summed E-state index contributed by atoms with van der Waals surface area (Å²) in [6.45, 7) is 0. The molecule has 2 aromatic carbocycles. The van der Waals surface area contributed by atoms with Gasteiger partial charge in [-0.2, -0.15) is 0 Å². The normalized spacial score (nSPS) is 10.5. The van der Waals surface area contributed by atoms with E-state index in [1.54, 1.807) is 42.5 Å². The van der Waals surface area contributed by atoms with Crippen LogP contribution in [0.2, 0.25) is 0 Å². The highest BCUT2D eigenvalue weighted by atomic mass is 16.5. The van der Waals surface area contributed by atoms with Gasteiger partial charge in [-0.1, -0.05) is 24.3 Å². The summed E-state index contributed by atoms with van der Waals surface area (Å²) in [6, 6.07) is 13.5. The molecule has 0 spiro atoms. The molecule has 0 unspecified atom stereocenters. The van der Waals surface area contributed by atoms with Crippen LogP contribution in [0, 0.1) is 0 Å². The smallest absolute Gasteiger partial charge is 0.337 e. The van der Waals surface area contributed by atoms with Crippen LogP contribution in [0.5, 0.6) is 0 Å². The fourth-order valence-electron chi connectivity index (χ4n) is 2.48. The zero-order valence-corrected chi connectivity index (χ0v) is 12.4. The number of nitrogens with zero attached hydrogens (tertiary/aromatic N) is 1. The summed E-state index contributed by atoms with van der Waals surface area (Å²) in [5.74, 6) is -0.773. The first-order valence-electron chi connectivity index (χ1n) is 6.94. The molecule has 5 heteroatoms. The lowest BCUT2D eigenvalue weighted by atomic mass is 10.1. The van der Waals surface area contributed by atoms with Crippen molar-refractivity contribution in [3.05, 3.63) is 71.4 Å². The second-order valence-corrected chi connectivity index (χ2v) is 4.97. The van der Waals surface area contributed by atoms with E-state index in [4.69, 9.17) is 4.74 Å². The Labute approximate surface area is 132 Å². The van der Waals surface area contributed by atoms with E-state index in [0.717, 1.165) is 0 Å². The van der Waals surface area contributed by atoms with Crippen LogP contribution in [-0.2, 0) is 4.74 Å². The first kappa shape index (κ1) is 14.7. The number of ether oxygens (including phenoxy) is 1. The fraction of sp³-hybridized carbons (Fsp3) is 0.0556. The molecule has 0 atom stereocenters.